The van der Waals surface area contributed by atoms with Crippen LogP contribution in [0.5, 0.6) is 0 Å². The average molecular weight is 416 g/mol. The molecule has 0 saturated carbocycles. The van der Waals surface area contributed by atoms with Crippen LogP contribution in [0.25, 0.3) is 0 Å². The first-order chi connectivity index (χ1) is 12.2. The van der Waals surface area contributed by atoms with Crippen LogP contribution in [-0.4, -0.2) is 43.5 Å². The third-order valence-electron chi connectivity index (χ3n) is 5.85. The van der Waals surface area contributed by atoms with Crippen molar-refractivity contribution in [3.8, 4) is 0 Å². The molecule has 4 nitrogen and oxygen atoms in total. The summed E-state index contributed by atoms with van der Waals surface area (Å²) in [5, 5.41) is 6.46. The van der Waals surface area contributed by atoms with Crippen LogP contribution in [0.2, 0.25) is 0 Å². The number of carbonyl (C=O) groups is 1. The third-order valence-corrected chi connectivity index (χ3v) is 5.85. The molecular weight excluding hydrogens is 381 g/mol. The number of amides is 1. The van der Waals surface area contributed by atoms with Crippen LogP contribution >= 0.6 is 24.8 Å². The lowest BCUT2D eigenvalue weighted by atomic mass is 9.84. The van der Waals surface area contributed by atoms with Gasteiger partial charge in [0.2, 0.25) is 5.91 Å². The van der Waals surface area contributed by atoms with Gasteiger partial charge in [-0.15, -0.1) is 24.8 Å². The summed E-state index contributed by atoms with van der Waals surface area (Å²) in [6, 6.07) is 8.41. The Morgan fingerprint density at radius 1 is 1.15 bits per heavy atom. The summed E-state index contributed by atoms with van der Waals surface area (Å²) in [7, 11) is 0. The van der Waals surface area contributed by atoms with E-state index in [9.17, 15) is 4.79 Å². The zero-order valence-corrected chi connectivity index (χ0v) is 18.0. The quantitative estimate of drug-likeness (QED) is 0.703. The highest BCUT2D eigenvalue weighted by molar-refractivity contribution is 5.90. The topological polar surface area (TPSA) is 44.4 Å². The van der Waals surface area contributed by atoms with E-state index in [2.05, 4.69) is 34.6 Å². The molecule has 2 saturated heterocycles. The maximum absolute atomic E-state index is 12.3. The van der Waals surface area contributed by atoms with Gasteiger partial charge >= 0.3 is 0 Å². The van der Waals surface area contributed by atoms with Crippen molar-refractivity contribution >= 4 is 36.4 Å². The van der Waals surface area contributed by atoms with Gasteiger partial charge < -0.3 is 15.5 Å². The Bertz CT molecular complexity index is 541. The second kappa shape index (κ2) is 12.6. The van der Waals surface area contributed by atoms with E-state index in [1.807, 2.05) is 12.1 Å². The molecule has 2 fully saturated rings. The highest BCUT2D eigenvalue weighted by Crippen LogP contribution is 2.24. The fourth-order valence-electron chi connectivity index (χ4n) is 4.13. The van der Waals surface area contributed by atoms with E-state index < -0.39 is 0 Å². The summed E-state index contributed by atoms with van der Waals surface area (Å²) in [5.41, 5.74) is 2.28. The molecule has 0 radical (unpaired) electrons. The Hall–Kier alpha value is -0.810. The molecule has 1 aromatic rings. The first kappa shape index (κ1) is 24.2. The number of anilines is 1. The molecular formula is C21H35Cl2N3O. The van der Waals surface area contributed by atoms with Crippen LogP contribution in [0.1, 0.15) is 44.6 Å². The molecule has 2 aliphatic rings. The maximum atomic E-state index is 12.3. The summed E-state index contributed by atoms with van der Waals surface area (Å²) in [5.74, 6) is 1.29. The minimum Gasteiger partial charge on any atom is -0.326 e. The van der Waals surface area contributed by atoms with Crippen molar-refractivity contribution in [2.24, 2.45) is 11.8 Å². The van der Waals surface area contributed by atoms with Gasteiger partial charge in [-0.2, -0.15) is 0 Å². The minimum absolute atomic E-state index is 0. The van der Waals surface area contributed by atoms with Crippen LogP contribution in [0.3, 0.4) is 0 Å². The van der Waals surface area contributed by atoms with Crippen molar-refractivity contribution in [3.63, 3.8) is 0 Å². The zero-order chi connectivity index (χ0) is 17.5. The highest BCUT2D eigenvalue weighted by Gasteiger charge is 2.22. The number of carbonyl (C=O) groups excluding carboxylic acids is 1. The molecule has 27 heavy (non-hydrogen) atoms. The largest absolute Gasteiger partial charge is 0.326 e. The summed E-state index contributed by atoms with van der Waals surface area (Å²) >= 11 is 0. The second-order valence-corrected chi connectivity index (χ2v) is 7.81. The highest BCUT2D eigenvalue weighted by atomic mass is 35.5. The number of benzene rings is 1. The summed E-state index contributed by atoms with van der Waals surface area (Å²) < 4.78 is 0. The van der Waals surface area contributed by atoms with Crippen molar-refractivity contribution in [2.75, 3.05) is 38.0 Å². The number of rotatable bonds is 7. The molecule has 1 amide bonds. The molecule has 1 atom stereocenters. The van der Waals surface area contributed by atoms with Crippen molar-refractivity contribution in [1.29, 1.82) is 0 Å². The number of halogens is 2. The number of hydrogen-bond acceptors (Lipinski definition) is 3. The Balaban J connectivity index is 0.00000182. The summed E-state index contributed by atoms with van der Waals surface area (Å²) in [6.45, 7) is 8.06. The lowest BCUT2D eigenvalue weighted by Gasteiger charge is -2.27. The Morgan fingerprint density at radius 3 is 2.41 bits per heavy atom. The van der Waals surface area contributed by atoms with Crippen molar-refractivity contribution in [3.05, 3.63) is 29.8 Å². The molecule has 3 rings (SSSR count). The summed E-state index contributed by atoms with van der Waals surface area (Å²) in [6.07, 6.45) is 6.81. The van der Waals surface area contributed by atoms with Gasteiger partial charge in [0.25, 0.3) is 0 Å². The van der Waals surface area contributed by atoms with Gasteiger partial charge in [0.1, 0.15) is 0 Å². The number of nitrogens with zero attached hydrogens (tertiary/aromatic N) is 1. The second-order valence-electron chi connectivity index (χ2n) is 7.81. The van der Waals surface area contributed by atoms with Crippen molar-refractivity contribution in [1.82, 2.24) is 10.2 Å². The van der Waals surface area contributed by atoms with Crippen LogP contribution in [0.15, 0.2) is 24.3 Å². The van der Waals surface area contributed by atoms with Crippen molar-refractivity contribution < 1.29 is 4.79 Å². The van der Waals surface area contributed by atoms with Crippen molar-refractivity contribution in [2.45, 2.75) is 45.4 Å². The van der Waals surface area contributed by atoms with Gasteiger partial charge in [0.05, 0.1) is 0 Å². The van der Waals surface area contributed by atoms with E-state index in [0.29, 0.717) is 18.3 Å². The average Bonchev–Trinajstić information content (AvgIpc) is 3.15. The predicted octanol–water partition coefficient (Wildman–Crippen LogP) is 4.13. The maximum Gasteiger partial charge on any atom is 0.224 e. The van der Waals surface area contributed by atoms with Gasteiger partial charge in [-0.05, 0) is 87.8 Å². The number of nitrogens with one attached hydrogen (secondary N) is 2. The van der Waals surface area contributed by atoms with Crippen LogP contribution in [0, 0.1) is 11.8 Å². The van der Waals surface area contributed by atoms with E-state index in [1.165, 1.54) is 44.3 Å². The molecule has 2 heterocycles. The minimum atomic E-state index is 0. The molecule has 0 aliphatic carbocycles. The first-order valence-electron chi connectivity index (χ1n) is 10.0. The SMILES string of the molecule is CC(CC(=O)Nc1ccc(CCN2CCCC2)cc1)C1CCNCC1.Cl.Cl. The zero-order valence-electron chi connectivity index (χ0n) is 16.4. The van der Waals surface area contributed by atoms with Gasteiger partial charge in [-0.3, -0.25) is 4.79 Å². The molecule has 1 unspecified atom stereocenters. The van der Waals surface area contributed by atoms with Gasteiger partial charge in [0, 0.05) is 18.7 Å². The van der Waals surface area contributed by atoms with Gasteiger partial charge in [-0.1, -0.05) is 19.1 Å². The van der Waals surface area contributed by atoms with Crippen LogP contribution in [0.4, 0.5) is 5.69 Å². The number of hydrogen-bond donors (Lipinski definition) is 2. The lowest BCUT2D eigenvalue weighted by Crippen LogP contribution is -2.32. The standard InChI is InChI=1S/C21H33N3O.2ClH/c1-17(19-8-11-22-12-9-19)16-21(25)23-20-6-4-18(5-7-20)10-15-24-13-2-3-14-24;;/h4-7,17,19,22H,2-3,8-16H2,1H3,(H,23,25);2*1H. The fraction of sp³-hybridized carbons (Fsp3) is 0.667. The summed E-state index contributed by atoms with van der Waals surface area (Å²) in [4.78, 5) is 14.9. The molecule has 0 bridgehead atoms. The molecule has 6 heteroatoms. The molecule has 1 aromatic carbocycles. The lowest BCUT2D eigenvalue weighted by molar-refractivity contribution is -0.117. The fourth-order valence-corrected chi connectivity index (χ4v) is 4.13. The Labute approximate surface area is 176 Å². The predicted molar refractivity (Wildman–Crippen MR) is 118 cm³/mol. The van der Waals surface area contributed by atoms with Crippen LogP contribution in [-0.2, 0) is 11.2 Å². The van der Waals surface area contributed by atoms with Gasteiger partial charge in [-0.25, -0.2) is 0 Å². The molecule has 2 N–H and O–H groups in total. The Morgan fingerprint density at radius 2 is 1.78 bits per heavy atom. The number of likely N-dealkylation sites (tertiary alicyclic amines) is 1. The number of piperidine rings is 1. The van der Waals surface area contributed by atoms with Crippen LogP contribution < -0.4 is 10.6 Å². The Kier molecular flexibility index (Phi) is 11.3. The monoisotopic (exact) mass is 415 g/mol. The van der Waals surface area contributed by atoms with E-state index in [1.54, 1.807) is 0 Å². The molecule has 154 valence electrons. The molecule has 0 aromatic heterocycles. The van der Waals surface area contributed by atoms with E-state index in [4.69, 9.17) is 0 Å². The van der Waals surface area contributed by atoms with E-state index in [-0.39, 0.29) is 30.7 Å². The van der Waals surface area contributed by atoms with E-state index in [0.717, 1.165) is 31.7 Å². The first-order valence-corrected chi connectivity index (χ1v) is 10.0. The smallest absolute Gasteiger partial charge is 0.224 e. The van der Waals surface area contributed by atoms with E-state index >= 15 is 0 Å². The molecule has 0 spiro atoms. The normalized spacial score (nSPS) is 19.0. The van der Waals surface area contributed by atoms with Gasteiger partial charge in [0.15, 0.2) is 0 Å². The third kappa shape index (κ3) is 7.98. The molecule has 2 aliphatic heterocycles.